The molecule has 1 aromatic heterocycles. The summed E-state index contributed by atoms with van der Waals surface area (Å²) in [5.74, 6) is 4.77. The molecule has 4 N–H and O–H groups in total. The van der Waals surface area contributed by atoms with Gasteiger partial charge in [-0.25, -0.2) is 0 Å². The minimum Gasteiger partial charge on any atom is -0.351 e. The molecule has 0 spiro atoms. The number of rotatable bonds is 6. The van der Waals surface area contributed by atoms with Crippen molar-refractivity contribution in [2.24, 2.45) is 5.84 Å². The number of nitrogens with one attached hydrogen (secondary N) is 2. The molecule has 0 unspecified atom stereocenters. The molecule has 1 aromatic carbocycles. The van der Waals surface area contributed by atoms with Gasteiger partial charge in [0, 0.05) is 23.2 Å². The average Bonchev–Trinajstić information content (AvgIpc) is 2.99. The SMILES string of the molecule is NNc1ccc([N+](=O)[O-])c(C(=O)NCCc2cccs2)c1. The third-order valence-electron chi connectivity index (χ3n) is 2.84. The molecule has 110 valence electrons. The van der Waals surface area contributed by atoms with Crippen LogP contribution >= 0.6 is 11.3 Å². The molecule has 0 radical (unpaired) electrons. The van der Waals surface area contributed by atoms with Gasteiger partial charge in [-0.05, 0) is 30.0 Å². The van der Waals surface area contributed by atoms with Crippen LogP contribution < -0.4 is 16.6 Å². The van der Waals surface area contributed by atoms with Crippen molar-refractivity contribution >= 4 is 28.6 Å². The number of nitrogen functional groups attached to an aromatic ring is 1. The minimum atomic E-state index is -0.589. The Bertz CT molecular complexity index is 643. The third kappa shape index (κ3) is 3.77. The predicted octanol–water partition coefficient (Wildman–Crippen LogP) is 1.91. The molecule has 1 heterocycles. The first-order valence-electron chi connectivity index (χ1n) is 6.17. The topological polar surface area (TPSA) is 110 Å². The second-order valence-electron chi connectivity index (χ2n) is 4.22. The fraction of sp³-hybridized carbons (Fsp3) is 0.154. The lowest BCUT2D eigenvalue weighted by atomic mass is 10.1. The molecule has 0 aliphatic rings. The molecule has 8 heteroatoms. The molecule has 1 amide bonds. The molecule has 7 nitrogen and oxygen atoms in total. The van der Waals surface area contributed by atoms with Crippen LogP contribution in [0, 0.1) is 10.1 Å². The maximum absolute atomic E-state index is 12.1. The molecule has 0 atom stereocenters. The standard InChI is InChI=1S/C13H14N4O3S/c14-16-9-3-4-12(17(19)20)11(8-9)13(18)15-6-5-10-2-1-7-21-10/h1-4,7-8,16H,5-6,14H2,(H,15,18). The quantitative estimate of drug-likeness (QED) is 0.429. The number of hydrazine groups is 1. The lowest BCUT2D eigenvalue weighted by Crippen LogP contribution is -2.26. The lowest BCUT2D eigenvalue weighted by Gasteiger charge is -2.07. The van der Waals surface area contributed by atoms with E-state index in [1.807, 2.05) is 17.5 Å². The number of nitrogens with zero attached hydrogens (tertiary/aromatic N) is 1. The van der Waals surface area contributed by atoms with Gasteiger partial charge in [0.25, 0.3) is 11.6 Å². The van der Waals surface area contributed by atoms with Crippen molar-refractivity contribution in [1.29, 1.82) is 0 Å². The summed E-state index contributed by atoms with van der Waals surface area (Å²) in [6, 6.07) is 7.96. The zero-order valence-electron chi connectivity index (χ0n) is 11.0. The average molecular weight is 306 g/mol. The summed E-state index contributed by atoms with van der Waals surface area (Å²) in [5.41, 5.74) is 2.54. The van der Waals surface area contributed by atoms with Crippen molar-refractivity contribution in [3.63, 3.8) is 0 Å². The van der Waals surface area contributed by atoms with Gasteiger partial charge in [0.1, 0.15) is 5.56 Å². The van der Waals surface area contributed by atoms with Crippen LogP contribution in [0.25, 0.3) is 0 Å². The van der Waals surface area contributed by atoms with Crippen LogP contribution in [-0.2, 0) is 6.42 Å². The Hall–Kier alpha value is -2.45. The predicted molar refractivity (Wildman–Crippen MR) is 81.3 cm³/mol. The Balaban J connectivity index is 2.08. The van der Waals surface area contributed by atoms with E-state index in [2.05, 4.69) is 10.7 Å². The largest absolute Gasteiger partial charge is 0.351 e. The number of nitro benzene ring substituents is 1. The van der Waals surface area contributed by atoms with Gasteiger partial charge in [-0.2, -0.15) is 0 Å². The van der Waals surface area contributed by atoms with Gasteiger partial charge in [-0.1, -0.05) is 6.07 Å². The summed E-state index contributed by atoms with van der Waals surface area (Å²) in [4.78, 5) is 23.6. The summed E-state index contributed by atoms with van der Waals surface area (Å²) in [6.45, 7) is 0.413. The molecule has 0 fully saturated rings. The first-order chi connectivity index (χ1) is 10.1. The first-order valence-corrected chi connectivity index (χ1v) is 7.05. The van der Waals surface area contributed by atoms with E-state index in [4.69, 9.17) is 5.84 Å². The highest BCUT2D eigenvalue weighted by Gasteiger charge is 2.20. The number of thiophene rings is 1. The summed E-state index contributed by atoms with van der Waals surface area (Å²) in [5, 5.41) is 15.6. The van der Waals surface area contributed by atoms with Crippen molar-refractivity contribution in [1.82, 2.24) is 5.32 Å². The minimum absolute atomic E-state index is 0.0124. The Morgan fingerprint density at radius 1 is 1.38 bits per heavy atom. The Morgan fingerprint density at radius 2 is 2.19 bits per heavy atom. The van der Waals surface area contributed by atoms with Gasteiger partial charge in [-0.3, -0.25) is 20.8 Å². The van der Waals surface area contributed by atoms with Gasteiger partial charge in [0.05, 0.1) is 4.92 Å². The van der Waals surface area contributed by atoms with E-state index in [0.717, 1.165) is 4.88 Å². The number of nitro groups is 1. The van der Waals surface area contributed by atoms with Gasteiger partial charge in [0.15, 0.2) is 0 Å². The number of amides is 1. The van der Waals surface area contributed by atoms with Gasteiger partial charge in [0.2, 0.25) is 0 Å². The van der Waals surface area contributed by atoms with Crippen molar-refractivity contribution < 1.29 is 9.72 Å². The second kappa shape index (κ2) is 6.82. The normalized spacial score (nSPS) is 10.1. The molecule has 0 saturated carbocycles. The smallest absolute Gasteiger partial charge is 0.282 e. The van der Waals surface area contributed by atoms with Crippen LogP contribution in [0.5, 0.6) is 0 Å². The van der Waals surface area contributed by atoms with E-state index in [9.17, 15) is 14.9 Å². The molecule has 21 heavy (non-hydrogen) atoms. The third-order valence-corrected chi connectivity index (χ3v) is 3.78. The van der Waals surface area contributed by atoms with Crippen LogP contribution in [0.4, 0.5) is 11.4 Å². The number of benzene rings is 1. The van der Waals surface area contributed by atoms with Crippen LogP contribution in [-0.4, -0.2) is 17.4 Å². The van der Waals surface area contributed by atoms with E-state index in [1.54, 1.807) is 11.3 Å². The number of carbonyl (C=O) groups excluding carboxylic acids is 1. The second-order valence-corrected chi connectivity index (χ2v) is 5.25. The molecular formula is C13H14N4O3S. The molecule has 2 rings (SSSR count). The Labute approximate surface area is 124 Å². The summed E-state index contributed by atoms with van der Waals surface area (Å²) >= 11 is 1.60. The summed E-state index contributed by atoms with van der Waals surface area (Å²) in [6.07, 6.45) is 0.687. The molecular weight excluding hydrogens is 292 g/mol. The zero-order chi connectivity index (χ0) is 15.2. The van der Waals surface area contributed by atoms with Crippen molar-refractivity contribution in [2.75, 3.05) is 12.0 Å². The number of nitrogens with two attached hydrogens (primary N) is 1. The summed E-state index contributed by atoms with van der Waals surface area (Å²) in [7, 11) is 0. The fourth-order valence-corrected chi connectivity index (χ4v) is 2.53. The van der Waals surface area contributed by atoms with Crippen LogP contribution in [0.1, 0.15) is 15.2 Å². The fourth-order valence-electron chi connectivity index (χ4n) is 1.82. The Kier molecular flexibility index (Phi) is 4.85. The Morgan fingerprint density at radius 3 is 2.81 bits per heavy atom. The van der Waals surface area contributed by atoms with E-state index >= 15 is 0 Å². The van der Waals surface area contributed by atoms with E-state index < -0.39 is 10.8 Å². The molecule has 0 aliphatic carbocycles. The first kappa shape index (κ1) is 14.9. The van der Waals surface area contributed by atoms with Crippen LogP contribution in [0.15, 0.2) is 35.7 Å². The van der Waals surface area contributed by atoms with E-state index in [-0.39, 0.29) is 11.3 Å². The lowest BCUT2D eigenvalue weighted by molar-refractivity contribution is -0.385. The highest BCUT2D eigenvalue weighted by Crippen LogP contribution is 2.22. The van der Waals surface area contributed by atoms with Crippen molar-refractivity contribution in [3.8, 4) is 0 Å². The molecule has 0 saturated heterocycles. The number of hydrogen-bond donors (Lipinski definition) is 3. The highest BCUT2D eigenvalue weighted by atomic mass is 32.1. The van der Waals surface area contributed by atoms with E-state index in [0.29, 0.717) is 18.7 Å². The van der Waals surface area contributed by atoms with E-state index in [1.165, 1.54) is 18.2 Å². The monoisotopic (exact) mass is 306 g/mol. The number of carbonyl (C=O) groups is 1. The van der Waals surface area contributed by atoms with Crippen LogP contribution in [0.2, 0.25) is 0 Å². The van der Waals surface area contributed by atoms with Gasteiger partial charge < -0.3 is 10.7 Å². The molecule has 0 bridgehead atoms. The maximum atomic E-state index is 12.1. The van der Waals surface area contributed by atoms with Gasteiger partial charge >= 0.3 is 0 Å². The van der Waals surface area contributed by atoms with Crippen molar-refractivity contribution in [3.05, 3.63) is 56.3 Å². The number of anilines is 1. The zero-order valence-corrected chi connectivity index (χ0v) is 11.9. The maximum Gasteiger partial charge on any atom is 0.282 e. The van der Waals surface area contributed by atoms with Gasteiger partial charge in [-0.15, -0.1) is 11.3 Å². The van der Waals surface area contributed by atoms with Crippen molar-refractivity contribution in [2.45, 2.75) is 6.42 Å². The molecule has 0 aliphatic heterocycles. The molecule has 2 aromatic rings. The number of hydrogen-bond acceptors (Lipinski definition) is 6. The summed E-state index contributed by atoms with van der Waals surface area (Å²) < 4.78 is 0. The highest BCUT2D eigenvalue weighted by molar-refractivity contribution is 7.09. The van der Waals surface area contributed by atoms with Crippen LogP contribution in [0.3, 0.4) is 0 Å².